The molecule has 0 aliphatic carbocycles. The molecule has 0 rings (SSSR count). The van der Waals surface area contributed by atoms with Crippen molar-refractivity contribution in [3.63, 3.8) is 0 Å². The molecule has 66 heavy (non-hydrogen) atoms. The van der Waals surface area contributed by atoms with E-state index in [2.05, 4.69) is 81.5 Å². The Morgan fingerprint density at radius 3 is 0.894 bits per heavy atom. The Morgan fingerprint density at radius 2 is 0.561 bits per heavy atom. The summed E-state index contributed by atoms with van der Waals surface area (Å²) < 4.78 is 16.7. The van der Waals surface area contributed by atoms with Crippen LogP contribution in [0, 0.1) is 0 Å². The van der Waals surface area contributed by atoms with Crippen LogP contribution in [0.15, 0.2) is 60.8 Å². The number of hydrogen-bond acceptors (Lipinski definition) is 6. The van der Waals surface area contributed by atoms with E-state index in [1.807, 2.05) is 0 Å². The average molecular weight is 924 g/mol. The third-order valence-corrected chi connectivity index (χ3v) is 12.2. The van der Waals surface area contributed by atoms with Gasteiger partial charge in [0.25, 0.3) is 0 Å². The molecule has 382 valence electrons. The first-order valence-electron chi connectivity index (χ1n) is 28.3. The molecule has 0 saturated heterocycles. The van der Waals surface area contributed by atoms with Gasteiger partial charge in [0, 0.05) is 19.3 Å². The number of carbonyl (C=O) groups excluding carboxylic acids is 3. The lowest BCUT2D eigenvalue weighted by atomic mass is 10.0. The Labute approximate surface area is 409 Å². The first-order valence-corrected chi connectivity index (χ1v) is 28.3. The minimum absolute atomic E-state index is 0.0791. The zero-order valence-corrected chi connectivity index (χ0v) is 43.7. The first-order chi connectivity index (χ1) is 32.5. The summed E-state index contributed by atoms with van der Waals surface area (Å²) in [4.78, 5) is 37.7. The number of allylic oxidation sites excluding steroid dienone is 10. The van der Waals surface area contributed by atoms with Gasteiger partial charge in [0.15, 0.2) is 6.10 Å². The van der Waals surface area contributed by atoms with Gasteiger partial charge >= 0.3 is 17.9 Å². The fourth-order valence-electron chi connectivity index (χ4n) is 7.94. The van der Waals surface area contributed by atoms with E-state index < -0.39 is 6.10 Å². The van der Waals surface area contributed by atoms with E-state index in [1.165, 1.54) is 141 Å². The topological polar surface area (TPSA) is 78.9 Å². The molecule has 0 aliphatic rings. The van der Waals surface area contributed by atoms with Gasteiger partial charge in [-0.05, 0) is 83.5 Å². The highest BCUT2D eigenvalue weighted by molar-refractivity contribution is 5.71. The largest absolute Gasteiger partial charge is 0.462 e. The summed E-state index contributed by atoms with van der Waals surface area (Å²) in [5.41, 5.74) is 0. The maximum absolute atomic E-state index is 12.7. The van der Waals surface area contributed by atoms with Crippen molar-refractivity contribution < 1.29 is 28.6 Å². The van der Waals surface area contributed by atoms with Gasteiger partial charge in [-0.3, -0.25) is 14.4 Å². The molecule has 1 unspecified atom stereocenters. The van der Waals surface area contributed by atoms with Gasteiger partial charge in [0.1, 0.15) is 13.2 Å². The summed E-state index contributed by atoms with van der Waals surface area (Å²) in [6.45, 7) is 6.50. The van der Waals surface area contributed by atoms with Crippen LogP contribution in [0.3, 0.4) is 0 Å². The lowest BCUT2D eigenvalue weighted by Gasteiger charge is -2.18. The molecule has 0 aliphatic heterocycles. The Hall–Kier alpha value is -2.89. The Kier molecular flexibility index (Phi) is 52.3. The van der Waals surface area contributed by atoms with E-state index in [9.17, 15) is 14.4 Å². The number of rotatable bonds is 51. The summed E-state index contributed by atoms with van der Waals surface area (Å²) in [6, 6.07) is 0. The van der Waals surface area contributed by atoms with Gasteiger partial charge in [-0.2, -0.15) is 0 Å². The van der Waals surface area contributed by atoms with Gasteiger partial charge in [0.2, 0.25) is 0 Å². The van der Waals surface area contributed by atoms with Crippen molar-refractivity contribution in [2.75, 3.05) is 13.2 Å². The highest BCUT2D eigenvalue weighted by Gasteiger charge is 2.19. The Bertz CT molecular complexity index is 1200. The van der Waals surface area contributed by atoms with Crippen molar-refractivity contribution in [2.24, 2.45) is 0 Å². The summed E-state index contributed by atoms with van der Waals surface area (Å²) in [7, 11) is 0. The van der Waals surface area contributed by atoms with Gasteiger partial charge < -0.3 is 14.2 Å². The van der Waals surface area contributed by atoms with Gasteiger partial charge in [0.05, 0.1) is 0 Å². The molecule has 0 saturated carbocycles. The number of carbonyl (C=O) groups is 3. The lowest BCUT2D eigenvalue weighted by molar-refractivity contribution is -0.167. The van der Waals surface area contributed by atoms with Crippen LogP contribution in [-0.2, 0) is 28.6 Å². The fraction of sp³-hybridized carbons (Fsp3) is 0.783. The number of unbranched alkanes of at least 4 members (excludes halogenated alkanes) is 30. The van der Waals surface area contributed by atoms with Crippen LogP contribution in [0.4, 0.5) is 0 Å². The summed E-state index contributed by atoms with van der Waals surface area (Å²) in [5.74, 6) is -0.902. The Morgan fingerprint density at radius 1 is 0.303 bits per heavy atom. The SMILES string of the molecule is CCCC/C=C\C/C=C\CCCCCCCC(=O)OC(COC(=O)CCCCCCC)COC(=O)CCCCCCCCCCCCCCCC/C=C\C/C=C\C/C=C\CCCCCCC. The third kappa shape index (κ3) is 52.1. The molecule has 0 spiro atoms. The second-order valence-corrected chi connectivity index (χ2v) is 18.8. The number of ether oxygens (including phenoxy) is 3. The molecule has 0 aromatic rings. The molecule has 0 amide bonds. The molecule has 6 heteroatoms. The predicted octanol–water partition coefficient (Wildman–Crippen LogP) is 18.8. The van der Waals surface area contributed by atoms with E-state index in [-0.39, 0.29) is 31.1 Å². The van der Waals surface area contributed by atoms with Crippen LogP contribution < -0.4 is 0 Å². The third-order valence-electron chi connectivity index (χ3n) is 12.2. The normalized spacial score (nSPS) is 12.5. The minimum atomic E-state index is -0.776. The summed E-state index contributed by atoms with van der Waals surface area (Å²) >= 11 is 0. The molecule has 0 radical (unpaired) electrons. The van der Waals surface area contributed by atoms with Crippen LogP contribution in [0.2, 0.25) is 0 Å². The van der Waals surface area contributed by atoms with Gasteiger partial charge in [-0.25, -0.2) is 0 Å². The quantitative estimate of drug-likeness (QED) is 0.0262. The average Bonchev–Trinajstić information content (AvgIpc) is 3.31. The second kappa shape index (κ2) is 54.7. The van der Waals surface area contributed by atoms with E-state index in [0.717, 1.165) is 103 Å². The van der Waals surface area contributed by atoms with Crippen LogP contribution in [0.25, 0.3) is 0 Å². The van der Waals surface area contributed by atoms with Crippen LogP contribution in [0.5, 0.6) is 0 Å². The molecule has 0 aromatic heterocycles. The van der Waals surface area contributed by atoms with Crippen LogP contribution >= 0.6 is 0 Å². The highest BCUT2D eigenvalue weighted by Crippen LogP contribution is 2.16. The zero-order chi connectivity index (χ0) is 47.9. The number of hydrogen-bond donors (Lipinski definition) is 0. The van der Waals surface area contributed by atoms with E-state index >= 15 is 0 Å². The number of esters is 3. The van der Waals surface area contributed by atoms with Crippen molar-refractivity contribution in [1.82, 2.24) is 0 Å². The summed E-state index contributed by atoms with van der Waals surface area (Å²) in [5, 5.41) is 0. The molecule has 0 fully saturated rings. The lowest BCUT2D eigenvalue weighted by Crippen LogP contribution is -2.30. The van der Waals surface area contributed by atoms with Gasteiger partial charge in [-0.1, -0.05) is 242 Å². The smallest absolute Gasteiger partial charge is 0.306 e. The summed E-state index contributed by atoms with van der Waals surface area (Å²) in [6.07, 6.45) is 68.4. The molecule has 0 aromatic carbocycles. The monoisotopic (exact) mass is 923 g/mol. The van der Waals surface area contributed by atoms with Crippen molar-refractivity contribution in [2.45, 2.75) is 290 Å². The van der Waals surface area contributed by atoms with Gasteiger partial charge in [-0.15, -0.1) is 0 Å². The second-order valence-electron chi connectivity index (χ2n) is 18.8. The molecule has 1 atom stereocenters. The molecule has 0 bridgehead atoms. The van der Waals surface area contributed by atoms with Crippen molar-refractivity contribution in [3.8, 4) is 0 Å². The molecule has 0 N–H and O–H groups in total. The molecular weight excluding hydrogens is 817 g/mol. The standard InChI is InChI=1S/C60H106O6/c1-4-7-10-13-15-17-19-21-23-24-25-26-27-28-29-30-31-32-33-34-35-36-37-39-40-42-44-47-50-53-59(62)65-56-57(55-64-58(61)52-49-46-12-9-6-3)66-60(63)54-51-48-45-43-41-38-22-20-18-16-14-11-8-5-2/h14,16,19-22,24-25,27-28,57H,4-13,15,17-18,23,26,29-56H2,1-3H3/b16-14-,21-19-,22-20-,25-24-,28-27-. The van der Waals surface area contributed by atoms with Crippen molar-refractivity contribution in [3.05, 3.63) is 60.8 Å². The predicted molar refractivity (Wildman–Crippen MR) is 284 cm³/mol. The van der Waals surface area contributed by atoms with Crippen LogP contribution in [-0.4, -0.2) is 37.2 Å². The minimum Gasteiger partial charge on any atom is -0.462 e. The van der Waals surface area contributed by atoms with Crippen LogP contribution in [0.1, 0.15) is 284 Å². The highest BCUT2D eigenvalue weighted by atomic mass is 16.6. The van der Waals surface area contributed by atoms with Crippen molar-refractivity contribution in [1.29, 1.82) is 0 Å². The van der Waals surface area contributed by atoms with E-state index in [1.54, 1.807) is 0 Å². The fourth-order valence-corrected chi connectivity index (χ4v) is 7.94. The van der Waals surface area contributed by atoms with E-state index in [0.29, 0.717) is 19.3 Å². The molecule has 0 heterocycles. The maximum atomic E-state index is 12.7. The zero-order valence-electron chi connectivity index (χ0n) is 43.7. The first kappa shape index (κ1) is 63.1. The maximum Gasteiger partial charge on any atom is 0.306 e. The van der Waals surface area contributed by atoms with Crippen molar-refractivity contribution >= 4 is 17.9 Å². The molecular formula is C60H106O6. The van der Waals surface area contributed by atoms with E-state index in [4.69, 9.17) is 14.2 Å². The Balaban J connectivity index is 4.01. The molecule has 6 nitrogen and oxygen atoms in total.